The summed E-state index contributed by atoms with van der Waals surface area (Å²) in [5.41, 5.74) is 8.18. The summed E-state index contributed by atoms with van der Waals surface area (Å²) in [6.07, 6.45) is 0. The summed E-state index contributed by atoms with van der Waals surface area (Å²) in [7, 11) is 0. The fourth-order valence-electron chi connectivity index (χ4n) is 2.46. The van der Waals surface area contributed by atoms with Crippen LogP contribution in [0.15, 0.2) is 48.5 Å². The normalized spacial score (nSPS) is 13.4. The van der Waals surface area contributed by atoms with E-state index in [0.29, 0.717) is 12.3 Å². The monoisotopic (exact) mass is 324 g/mol. The Hall–Kier alpha value is -2.71. The summed E-state index contributed by atoms with van der Waals surface area (Å²) in [5, 5.41) is 12.1. The van der Waals surface area contributed by atoms with Gasteiger partial charge in [-0.3, -0.25) is 0 Å². The second-order valence-corrected chi connectivity index (χ2v) is 5.37. The van der Waals surface area contributed by atoms with Crippen molar-refractivity contribution in [3.63, 3.8) is 0 Å². The standard InChI is InChI=1S/C11H13N3.C8H11NO/c12-9-10-2-1-3-11(8-10)14-6-4-13-5-7-14;1-2-10-8-6-4-3-5-7(8)9/h1-3,8,13H,4-7H2;3-6H,2,9H2,1H3. The first-order valence-corrected chi connectivity index (χ1v) is 8.17. The number of nitrogens with one attached hydrogen (secondary N) is 1. The number of ether oxygens (including phenoxy) is 1. The van der Waals surface area contributed by atoms with Gasteiger partial charge in [-0.1, -0.05) is 18.2 Å². The lowest BCUT2D eigenvalue weighted by Crippen LogP contribution is -2.43. The van der Waals surface area contributed by atoms with Gasteiger partial charge in [-0.2, -0.15) is 5.26 Å². The number of hydrogen-bond acceptors (Lipinski definition) is 5. The molecule has 2 aromatic rings. The van der Waals surface area contributed by atoms with Gasteiger partial charge < -0.3 is 20.7 Å². The van der Waals surface area contributed by atoms with Gasteiger partial charge in [0.1, 0.15) is 5.75 Å². The molecule has 1 aliphatic heterocycles. The van der Waals surface area contributed by atoms with Gasteiger partial charge in [0, 0.05) is 31.9 Å². The van der Waals surface area contributed by atoms with Gasteiger partial charge in [0.05, 0.1) is 23.9 Å². The van der Waals surface area contributed by atoms with E-state index in [9.17, 15) is 0 Å². The van der Waals surface area contributed by atoms with Gasteiger partial charge in [-0.25, -0.2) is 0 Å². The number of anilines is 2. The van der Waals surface area contributed by atoms with Crippen LogP contribution in [-0.2, 0) is 0 Å². The summed E-state index contributed by atoms with van der Waals surface area (Å²) in [5.74, 6) is 0.769. The van der Waals surface area contributed by atoms with Crippen LogP contribution in [0.4, 0.5) is 11.4 Å². The molecule has 5 nitrogen and oxygen atoms in total. The number of rotatable bonds is 3. The Morgan fingerprint density at radius 1 is 1.17 bits per heavy atom. The minimum Gasteiger partial charge on any atom is -0.492 e. The van der Waals surface area contributed by atoms with E-state index >= 15 is 0 Å². The molecule has 126 valence electrons. The van der Waals surface area contributed by atoms with E-state index in [2.05, 4.69) is 22.4 Å². The van der Waals surface area contributed by atoms with E-state index < -0.39 is 0 Å². The number of hydrogen-bond donors (Lipinski definition) is 2. The maximum atomic E-state index is 8.78. The van der Waals surface area contributed by atoms with Crippen molar-refractivity contribution in [2.24, 2.45) is 0 Å². The molecule has 24 heavy (non-hydrogen) atoms. The van der Waals surface area contributed by atoms with Crippen molar-refractivity contribution < 1.29 is 4.74 Å². The lowest BCUT2D eigenvalue weighted by atomic mass is 10.2. The number of nitrogens with two attached hydrogens (primary N) is 1. The van der Waals surface area contributed by atoms with Crippen LogP contribution in [0.2, 0.25) is 0 Å². The zero-order chi connectivity index (χ0) is 17.2. The van der Waals surface area contributed by atoms with Gasteiger partial charge in [0.25, 0.3) is 0 Å². The predicted molar refractivity (Wildman–Crippen MR) is 98.3 cm³/mol. The molecule has 1 aliphatic rings. The van der Waals surface area contributed by atoms with E-state index in [1.807, 2.05) is 49.4 Å². The number of nitriles is 1. The Balaban J connectivity index is 0.000000185. The van der Waals surface area contributed by atoms with Crippen molar-refractivity contribution in [2.45, 2.75) is 6.92 Å². The maximum Gasteiger partial charge on any atom is 0.142 e. The molecule has 0 aliphatic carbocycles. The second kappa shape index (κ2) is 9.43. The predicted octanol–water partition coefficient (Wildman–Crippen LogP) is 2.64. The maximum absolute atomic E-state index is 8.78. The van der Waals surface area contributed by atoms with Crippen LogP contribution in [-0.4, -0.2) is 32.8 Å². The molecule has 3 rings (SSSR count). The lowest BCUT2D eigenvalue weighted by molar-refractivity contribution is 0.342. The molecule has 1 heterocycles. The molecule has 5 heteroatoms. The highest BCUT2D eigenvalue weighted by molar-refractivity contribution is 5.52. The number of para-hydroxylation sites is 2. The van der Waals surface area contributed by atoms with E-state index in [-0.39, 0.29) is 0 Å². The highest BCUT2D eigenvalue weighted by atomic mass is 16.5. The smallest absolute Gasteiger partial charge is 0.142 e. The third-order valence-corrected chi connectivity index (χ3v) is 3.68. The molecule has 2 aromatic carbocycles. The molecule has 0 atom stereocenters. The third kappa shape index (κ3) is 5.18. The van der Waals surface area contributed by atoms with E-state index in [1.165, 1.54) is 0 Å². The van der Waals surface area contributed by atoms with Crippen molar-refractivity contribution in [3.8, 4) is 11.8 Å². The minimum atomic E-state index is 0.661. The Morgan fingerprint density at radius 3 is 2.58 bits per heavy atom. The minimum absolute atomic E-state index is 0.661. The van der Waals surface area contributed by atoms with Crippen molar-refractivity contribution in [2.75, 3.05) is 43.4 Å². The largest absolute Gasteiger partial charge is 0.492 e. The summed E-state index contributed by atoms with van der Waals surface area (Å²) in [6.45, 7) is 6.69. The van der Waals surface area contributed by atoms with Gasteiger partial charge in [0.15, 0.2) is 0 Å². The topological polar surface area (TPSA) is 74.3 Å². The van der Waals surface area contributed by atoms with Crippen molar-refractivity contribution in [1.29, 1.82) is 5.26 Å². The van der Waals surface area contributed by atoms with Gasteiger partial charge in [0.2, 0.25) is 0 Å². The molecule has 0 radical (unpaired) electrons. The number of nitrogen functional groups attached to an aromatic ring is 1. The molecular weight excluding hydrogens is 300 g/mol. The molecule has 0 saturated carbocycles. The van der Waals surface area contributed by atoms with E-state index in [4.69, 9.17) is 15.7 Å². The van der Waals surface area contributed by atoms with Crippen LogP contribution < -0.4 is 20.7 Å². The molecule has 0 spiro atoms. The van der Waals surface area contributed by atoms with Gasteiger partial charge >= 0.3 is 0 Å². The molecule has 0 aromatic heterocycles. The molecule has 0 amide bonds. The van der Waals surface area contributed by atoms with Crippen LogP contribution in [0.5, 0.6) is 5.75 Å². The fourth-order valence-corrected chi connectivity index (χ4v) is 2.46. The van der Waals surface area contributed by atoms with E-state index in [0.717, 1.165) is 43.2 Å². The molecule has 1 fully saturated rings. The van der Waals surface area contributed by atoms with Crippen molar-refractivity contribution in [1.82, 2.24) is 5.32 Å². The molecular formula is C19H24N4O. The Labute approximate surface area is 143 Å². The Kier molecular flexibility index (Phi) is 6.93. The highest BCUT2D eigenvalue weighted by Crippen LogP contribution is 2.19. The van der Waals surface area contributed by atoms with Gasteiger partial charge in [-0.05, 0) is 37.3 Å². The SMILES string of the molecule is CCOc1ccccc1N.N#Cc1cccc(N2CCNCC2)c1. The third-order valence-electron chi connectivity index (χ3n) is 3.68. The molecule has 0 bridgehead atoms. The highest BCUT2D eigenvalue weighted by Gasteiger charge is 2.09. The number of benzene rings is 2. The zero-order valence-corrected chi connectivity index (χ0v) is 14.0. The summed E-state index contributed by atoms with van der Waals surface area (Å²) >= 11 is 0. The average Bonchev–Trinajstić information content (AvgIpc) is 2.65. The Morgan fingerprint density at radius 2 is 1.92 bits per heavy atom. The molecule has 1 saturated heterocycles. The quantitative estimate of drug-likeness (QED) is 0.849. The number of piperazine rings is 1. The fraction of sp³-hybridized carbons (Fsp3) is 0.316. The first-order chi connectivity index (χ1) is 11.7. The first kappa shape index (κ1) is 17.6. The average molecular weight is 324 g/mol. The Bertz CT molecular complexity index is 675. The number of nitrogens with zero attached hydrogens (tertiary/aromatic N) is 2. The van der Waals surface area contributed by atoms with Crippen LogP contribution in [0.3, 0.4) is 0 Å². The van der Waals surface area contributed by atoms with Crippen LogP contribution in [0, 0.1) is 11.3 Å². The lowest BCUT2D eigenvalue weighted by Gasteiger charge is -2.29. The summed E-state index contributed by atoms with van der Waals surface area (Å²) in [6, 6.07) is 17.4. The van der Waals surface area contributed by atoms with Crippen molar-refractivity contribution in [3.05, 3.63) is 54.1 Å². The molecule has 0 unspecified atom stereocenters. The van der Waals surface area contributed by atoms with E-state index in [1.54, 1.807) is 0 Å². The van der Waals surface area contributed by atoms with Crippen LogP contribution in [0.1, 0.15) is 12.5 Å². The molecule has 3 N–H and O–H groups in total. The van der Waals surface area contributed by atoms with Crippen LogP contribution in [0.25, 0.3) is 0 Å². The van der Waals surface area contributed by atoms with Crippen LogP contribution >= 0.6 is 0 Å². The van der Waals surface area contributed by atoms with Gasteiger partial charge in [-0.15, -0.1) is 0 Å². The first-order valence-electron chi connectivity index (χ1n) is 8.17. The summed E-state index contributed by atoms with van der Waals surface area (Å²) < 4.78 is 5.21. The van der Waals surface area contributed by atoms with Crippen molar-refractivity contribution >= 4 is 11.4 Å². The zero-order valence-electron chi connectivity index (χ0n) is 14.0. The summed E-state index contributed by atoms with van der Waals surface area (Å²) in [4.78, 5) is 2.30. The second-order valence-electron chi connectivity index (χ2n) is 5.37.